The van der Waals surface area contributed by atoms with Crippen molar-refractivity contribution in [1.82, 2.24) is 5.32 Å². The summed E-state index contributed by atoms with van der Waals surface area (Å²) in [4.78, 5) is 0. The van der Waals surface area contributed by atoms with E-state index in [0.717, 1.165) is 11.8 Å². The third kappa shape index (κ3) is 2.44. The van der Waals surface area contributed by atoms with Crippen LogP contribution in [0.2, 0.25) is 0 Å². The van der Waals surface area contributed by atoms with Crippen LogP contribution in [-0.4, -0.2) is 19.3 Å². The van der Waals surface area contributed by atoms with Gasteiger partial charge in [0.2, 0.25) is 0 Å². The molecule has 0 aromatic rings. The van der Waals surface area contributed by atoms with Gasteiger partial charge in [0, 0.05) is 12.6 Å². The van der Waals surface area contributed by atoms with E-state index in [1.165, 1.54) is 12.8 Å². The Kier molecular flexibility index (Phi) is 3.31. The van der Waals surface area contributed by atoms with Crippen molar-refractivity contribution in [2.75, 3.05) is 13.2 Å². The van der Waals surface area contributed by atoms with E-state index in [1.807, 2.05) is 0 Å². The van der Waals surface area contributed by atoms with Gasteiger partial charge in [-0.2, -0.15) is 0 Å². The van der Waals surface area contributed by atoms with E-state index in [2.05, 4.69) is 19.2 Å². The molecule has 0 bridgehead atoms. The molecule has 0 aromatic carbocycles. The van der Waals surface area contributed by atoms with Gasteiger partial charge in [0.05, 0.1) is 0 Å². The van der Waals surface area contributed by atoms with Crippen LogP contribution in [0.1, 0.15) is 26.7 Å². The van der Waals surface area contributed by atoms with E-state index >= 15 is 0 Å². The summed E-state index contributed by atoms with van der Waals surface area (Å²) >= 11 is 0. The van der Waals surface area contributed by atoms with E-state index in [4.69, 9.17) is 0 Å². The minimum atomic E-state index is -0.233. The number of alkyl halides is 1. The zero-order valence-corrected chi connectivity index (χ0v) is 7.44. The molecule has 1 rings (SSSR count). The lowest BCUT2D eigenvalue weighted by Gasteiger charge is -2.38. The molecule has 1 N–H and O–H groups in total. The zero-order chi connectivity index (χ0) is 8.27. The standard InChI is InChI=1S/C9H18FN/c1-7(2)8-5-9(6-8)11-4-3-10/h7-9,11H,3-6H2,1-2H3. The Morgan fingerprint density at radius 2 is 2.09 bits per heavy atom. The average Bonchev–Trinajstić information content (AvgIpc) is 1.84. The molecule has 0 spiro atoms. The van der Waals surface area contributed by atoms with Crippen LogP contribution in [-0.2, 0) is 0 Å². The minimum absolute atomic E-state index is 0.233. The third-order valence-corrected chi connectivity index (χ3v) is 2.64. The van der Waals surface area contributed by atoms with Crippen molar-refractivity contribution in [3.8, 4) is 0 Å². The lowest BCUT2D eigenvalue weighted by molar-refractivity contribution is 0.167. The fourth-order valence-electron chi connectivity index (χ4n) is 1.63. The van der Waals surface area contributed by atoms with Gasteiger partial charge in [-0.15, -0.1) is 0 Å². The van der Waals surface area contributed by atoms with E-state index < -0.39 is 0 Å². The van der Waals surface area contributed by atoms with E-state index in [-0.39, 0.29) is 6.67 Å². The Hall–Kier alpha value is -0.110. The van der Waals surface area contributed by atoms with Gasteiger partial charge in [0.1, 0.15) is 6.67 Å². The van der Waals surface area contributed by atoms with Crippen molar-refractivity contribution < 1.29 is 4.39 Å². The molecule has 0 unspecified atom stereocenters. The maximum Gasteiger partial charge on any atom is 0.102 e. The molecule has 0 aliphatic heterocycles. The van der Waals surface area contributed by atoms with E-state index in [9.17, 15) is 4.39 Å². The molecule has 2 heteroatoms. The Balaban J connectivity index is 2.00. The van der Waals surface area contributed by atoms with Gasteiger partial charge < -0.3 is 5.32 Å². The van der Waals surface area contributed by atoms with Gasteiger partial charge in [0.15, 0.2) is 0 Å². The first kappa shape index (κ1) is 8.98. The van der Waals surface area contributed by atoms with Gasteiger partial charge in [0.25, 0.3) is 0 Å². The predicted molar refractivity (Wildman–Crippen MR) is 45.3 cm³/mol. The molecule has 0 amide bonds. The number of hydrogen-bond donors (Lipinski definition) is 1. The highest BCUT2D eigenvalue weighted by atomic mass is 19.1. The molecule has 0 atom stereocenters. The van der Waals surface area contributed by atoms with Crippen molar-refractivity contribution in [3.05, 3.63) is 0 Å². The summed E-state index contributed by atoms with van der Waals surface area (Å²) in [7, 11) is 0. The van der Waals surface area contributed by atoms with Crippen molar-refractivity contribution in [1.29, 1.82) is 0 Å². The molecule has 0 radical (unpaired) electrons. The molecule has 0 aromatic heterocycles. The Morgan fingerprint density at radius 1 is 1.45 bits per heavy atom. The second-order valence-corrected chi connectivity index (χ2v) is 3.82. The first-order valence-corrected chi connectivity index (χ1v) is 4.53. The lowest BCUT2D eigenvalue weighted by atomic mass is 9.74. The Labute approximate surface area is 68.4 Å². The quantitative estimate of drug-likeness (QED) is 0.661. The largest absolute Gasteiger partial charge is 0.311 e. The molecular weight excluding hydrogens is 141 g/mol. The normalized spacial score (nSPS) is 30.5. The summed E-state index contributed by atoms with van der Waals surface area (Å²) in [5.41, 5.74) is 0. The van der Waals surface area contributed by atoms with Crippen LogP contribution in [0.15, 0.2) is 0 Å². The summed E-state index contributed by atoms with van der Waals surface area (Å²) in [6, 6.07) is 0.609. The van der Waals surface area contributed by atoms with Gasteiger partial charge in [-0.25, -0.2) is 4.39 Å². The van der Waals surface area contributed by atoms with Crippen LogP contribution in [0.4, 0.5) is 4.39 Å². The first-order valence-electron chi connectivity index (χ1n) is 4.53. The summed E-state index contributed by atoms with van der Waals surface area (Å²) in [5.74, 6) is 1.69. The highest BCUT2D eigenvalue weighted by Crippen LogP contribution is 2.33. The van der Waals surface area contributed by atoms with Crippen LogP contribution in [0.5, 0.6) is 0 Å². The fraction of sp³-hybridized carbons (Fsp3) is 1.00. The molecule has 1 aliphatic carbocycles. The highest BCUT2D eigenvalue weighted by molar-refractivity contribution is 4.86. The SMILES string of the molecule is CC(C)C1CC(NCCF)C1. The van der Waals surface area contributed by atoms with Crippen molar-refractivity contribution in [2.45, 2.75) is 32.7 Å². The maximum absolute atomic E-state index is 11.7. The minimum Gasteiger partial charge on any atom is -0.311 e. The molecule has 1 saturated carbocycles. The zero-order valence-electron chi connectivity index (χ0n) is 7.44. The third-order valence-electron chi connectivity index (χ3n) is 2.64. The smallest absolute Gasteiger partial charge is 0.102 e. The van der Waals surface area contributed by atoms with Crippen molar-refractivity contribution in [3.63, 3.8) is 0 Å². The number of rotatable bonds is 4. The summed E-state index contributed by atoms with van der Waals surface area (Å²) < 4.78 is 11.7. The molecule has 1 fully saturated rings. The maximum atomic E-state index is 11.7. The average molecular weight is 159 g/mol. The molecule has 0 heterocycles. The molecule has 66 valence electrons. The highest BCUT2D eigenvalue weighted by Gasteiger charge is 2.30. The van der Waals surface area contributed by atoms with Crippen LogP contribution >= 0.6 is 0 Å². The van der Waals surface area contributed by atoms with E-state index in [1.54, 1.807) is 0 Å². The van der Waals surface area contributed by atoms with Crippen molar-refractivity contribution in [2.24, 2.45) is 11.8 Å². The second-order valence-electron chi connectivity index (χ2n) is 3.82. The van der Waals surface area contributed by atoms with Gasteiger partial charge in [-0.3, -0.25) is 0 Å². The summed E-state index contributed by atoms with van der Waals surface area (Å²) in [6.45, 7) is 4.82. The number of hydrogen-bond acceptors (Lipinski definition) is 1. The van der Waals surface area contributed by atoms with Crippen LogP contribution in [0.25, 0.3) is 0 Å². The second kappa shape index (κ2) is 4.05. The topological polar surface area (TPSA) is 12.0 Å². The molecule has 1 nitrogen and oxygen atoms in total. The number of nitrogens with one attached hydrogen (secondary N) is 1. The summed E-state index contributed by atoms with van der Waals surface area (Å²) in [6.07, 6.45) is 2.50. The van der Waals surface area contributed by atoms with Gasteiger partial charge in [-0.1, -0.05) is 13.8 Å². The summed E-state index contributed by atoms with van der Waals surface area (Å²) in [5, 5.41) is 3.18. The lowest BCUT2D eigenvalue weighted by Crippen LogP contribution is -2.43. The predicted octanol–water partition coefficient (Wildman–Crippen LogP) is 1.98. The number of halogens is 1. The van der Waals surface area contributed by atoms with E-state index in [0.29, 0.717) is 12.6 Å². The van der Waals surface area contributed by atoms with Gasteiger partial charge >= 0.3 is 0 Å². The Morgan fingerprint density at radius 3 is 2.55 bits per heavy atom. The molecular formula is C9H18FN. The monoisotopic (exact) mass is 159 g/mol. The van der Waals surface area contributed by atoms with Crippen LogP contribution in [0.3, 0.4) is 0 Å². The molecule has 11 heavy (non-hydrogen) atoms. The van der Waals surface area contributed by atoms with Crippen molar-refractivity contribution >= 4 is 0 Å². The molecule has 0 saturated heterocycles. The molecule has 1 aliphatic rings. The first-order chi connectivity index (χ1) is 5.24. The van der Waals surface area contributed by atoms with Crippen LogP contribution in [0, 0.1) is 11.8 Å². The Bertz CT molecular complexity index is 108. The fourth-order valence-corrected chi connectivity index (χ4v) is 1.63. The van der Waals surface area contributed by atoms with Gasteiger partial charge in [-0.05, 0) is 24.7 Å². The van der Waals surface area contributed by atoms with Crippen LogP contribution < -0.4 is 5.32 Å².